The monoisotopic (exact) mass is 269 g/mol. The van der Waals surface area contributed by atoms with Crippen molar-refractivity contribution in [3.8, 4) is 0 Å². The van der Waals surface area contributed by atoms with Crippen LogP contribution in [0, 0.1) is 11.6 Å². The van der Waals surface area contributed by atoms with E-state index < -0.39 is 11.6 Å². The van der Waals surface area contributed by atoms with Gasteiger partial charge in [-0.1, -0.05) is 17.7 Å². The molecule has 1 unspecified atom stereocenters. The van der Waals surface area contributed by atoms with E-state index in [0.29, 0.717) is 16.5 Å². The Kier molecular flexibility index (Phi) is 3.72. The van der Waals surface area contributed by atoms with Crippen LogP contribution in [0.5, 0.6) is 0 Å². The first kappa shape index (κ1) is 12.7. The Morgan fingerprint density at radius 1 is 1.22 bits per heavy atom. The molecule has 1 N–H and O–H groups in total. The summed E-state index contributed by atoms with van der Waals surface area (Å²) >= 11 is 5.71. The van der Waals surface area contributed by atoms with Gasteiger partial charge >= 0.3 is 0 Å². The topological polar surface area (TPSA) is 37.8 Å². The predicted octanol–water partition coefficient (Wildman–Crippen LogP) is 3.58. The molecule has 0 saturated carbocycles. The van der Waals surface area contributed by atoms with Gasteiger partial charge in [0.25, 0.3) is 0 Å². The fraction of sp³-hybridized carbons (Fsp3) is 0.167. The lowest BCUT2D eigenvalue weighted by Crippen LogP contribution is -2.10. The standard InChI is InChI=1S/C12H10ClF2N3/c1-7(9-3-2-8(14)4-10(9)15)18-12-5-11(13)16-6-17-12/h2-7H,1H3,(H,16,17,18). The Morgan fingerprint density at radius 2 is 2.00 bits per heavy atom. The largest absolute Gasteiger partial charge is 0.363 e. The Labute approximate surface area is 108 Å². The van der Waals surface area contributed by atoms with Crippen LogP contribution >= 0.6 is 11.6 Å². The lowest BCUT2D eigenvalue weighted by atomic mass is 10.1. The molecule has 2 rings (SSSR count). The summed E-state index contributed by atoms with van der Waals surface area (Å²) in [6, 6.07) is 4.62. The molecule has 2 aromatic rings. The van der Waals surface area contributed by atoms with Crippen LogP contribution in [0.15, 0.2) is 30.6 Å². The quantitative estimate of drug-likeness (QED) is 0.866. The Hall–Kier alpha value is -1.75. The first-order valence-electron chi connectivity index (χ1n) is 5.25. The molecule has 0 aliphatic heterocycles. The molecule has 0 saturated heterocycles. The van der Waals surface area contributed by atoms with Gasteiger partial charge in [0.2, 0.25) is 0 Å². The number of nitrogens with one attached hydrogen (secondary N) is 1. The van der Waals surface area contributed by atoms with Gasteiger partial charge in [0.15, 0.2) is 0 Å². The van der Waals surface area contributed by atoms with E-state index in [2.05, 4.69) is 15.3 Å². The zero-order valence-electron chi connectivity index (χ0n) is 9.49. The maximum Gasteiger partial charge on any atom is 0.134 e. The molecule has 1 heterocycles. The normalized spacial score (nSPS) is 12.2. The molecule has 1 aromatic heterocycles. The molecule has 18 heavy (non-hydrogen) atoms. The highest BCUT2D eigenvalue weighted by Crippen LogP contribution is 2.21. The van der Waals surface area contributed by atoms with E-state index in [-0.39, 0.29) is 6.04 Å². The third-order valence-electron chi connectivity index (χ3n) is 2.43. The molecule has 0 bridgehead atoms. The fourth-order valence-corrected chi connectivity index (χ4v) is 1.71. The summed E-state index contributed by atoms with van der Waals surface area (Å²) < 4.78 is 26.3. The van der Waals surface area contributed by atoms with Crippen LogP contribution in [0.4, 0.5) is 14.6 Å². The second kappa shape index (κ2) is 5.27. The van der Waals surface area contributed by atoms with Crippen molar-refractivity contribution in [3.05, 3.63) is 52.9 Å². The van der Waals surface area contributed by atoms with E-state index in [0.717, 1.165) is 6.07 Å². The first-order valence-corrected chi connectivity index (χ1v) is 5.63. The van der Waals surface area contributed by atoms with Gasteiger partial charge in [-0.3, -0.25) is 0 Å². The molecule has 1 aromatic carbocycles. The van der Waals surface area contributed by atoms with Crippen LogP contribution in [0.25, 0.3) is 0 Å². The van der Waals surface area contributed by atoms with Gasteiger partial charge < -0.3 is 5.32 Å². The number of nitrogens with zero attached hydrogens (tertiary/aromatic N) is 2. The van der Waals surface area contributed by atoms with Gasteiger partial charge in [-0.2, -0.15) is 0 Å². The van der Waals surface area contributed by atoms with Gasteiger partial charge in [-0.25, -0.2) is 18.7 Å². The summed E-state index contributed by atoms with van der Waals surface area (Å²) in [4.78, 5) is 7.69. The van der Waals surface area contributed by atoms with Crippen molar-refractivity contribution in [1.29, 1.82) is 0 Å². The maximum atomic E-state index is 13.5. The third-order valence-corrected chi connectivity index (χ3v) is 2.63. The third kappa shape index (κ3) is 2.92. The number of aromatic nitrogens is 2. The number of hydrogen-bond acceptors (Lipinski definition) is 3. The molecule has 1 atom stereocenters. The number of hydrogen-bond donors (Lipinski definition) is 1. The minimum atomic E-state index is -0.603. The molecule has 6 heteroatoms. The lowest BCUT2D eigenvalue weighted by Gasteiger charge is -2.15. The molecule has 0 fully saturated rings. The molecule has 0 spiro atoms. The minimum Gasteiger partial charge on any atom is -0.363 e. The van der Waals surface area contributed by atoms with Crippen LogP contribution in [0.3, 0.4) is 0 Å². The fourth-order valence-electron chi connectivity index (χ4n) is 1.56. The molecular formula is C12H10ClF2N3. The van der Waals surface area contributed by atoms with Crippen molar-refractivity contribution in [2.75, 3.05) is 5.32 Å². The average molecular weight is 270 g/mol. The first-order chi connectivity index (χ1) is 8.56. The highest BCUT2D eigenvalue weighted by atomic mass is 35.5. The lowest BCUT2D eigenvalue weighted by molar-refractivity contribution is 0.566. The van der Waals surface area contributed by atoms with E-state index in [1.165, 1.54) is 24.5 Å². The molecular weight excluding hydrogens is 260 g/mol. The molecule has 0 radical (unpaired) electrons. The van der Waals surface area contributed by atoms with E-state index in [4.69, 9.17) is 11.6 Å². The molecule has 0 amide bonds. The summed E-state index contributed by atoms with van der Waals surface area (Å²) in [7, 11) is 0. The molecule has 3 nitrogen and oxygen atoms in total. The van der Waals surface area contributed by atoms with Gasteiger partial charge in [-0.05, 0) is 13.0 Å². The average Bonchev–Trinajstić information content (AvgIpc) is 2.28. The zero-order chi connectivity index (χ0) is 13.1. The van der Waals surface area contributed by atoms with Crippen molar-refractivity contribution >= 4 is 17.4 Å². The number of rotatable bonds is 3. The summed E-state index contributed by atoms with van der Waals surface area (Å²) in [6.45, 7) is 1.74. The Bertz CT molecular complexity index is 563. The van der Waals surface area contributed by atoms with Crippen LogP contribution < -0.4 is 5.32 Å². The second-order valence-corrected chi connectivity index (χ2v) is 4.15. The minimum absolute atomic E-state index is 0.291. The molecule has 0 aliphatic rings. The van der Waals surface area contributed by atoms with E-state index in [1.54, 1.807) is 6.92 Å². The summed E-state index contributed by atoms with van der Waals surface area (Å²) in [5.41, 5.74) is 0.353. The van der Waals surface area contributed by atoms with Crippen molar-refractivity contribution < 1.29 is 8.78 Å². The van der Waals surface area contributed by atoms with E-state index >= 15 is 0 Å². The molecule has 0 aliphatic carbocycles. The Morgan fingerprint density at radius 3 is 2.67 bits per heavy atom. The van der Waals surface area contributed by atoms with Gasteiger partial charge in [-0.15, -0.1) is 0 Å². The van der Waals surface area contributed by atoms with Gasteiger partial charge in [0, 0.05) is 17.7 Å². The van der Waals surface area contributed by atoms with Gasteiger partial charge in [0.1, 0.15) is 28.9 Å². The van der Waals surface area contributed by atoms with Crippen LogP contribution in [-0.2, 0) is 0 Å². The number of benzene rings is 1. The highest BCUT2D eigenvalue weighted by molar-refractivity contribution is 6.29. The maximum absolute atomic E-state index is 13.5. The van der Waals surface area contributed by atoms with E-state index in [1.807, 2.05) is 0 Å². The summed E-state index contributed by atoms with van der Waals surface area (Å²) in [6.07, 6.45) is 1.30. The summed E-state index contributed by atoms with van der Waals surface area (Å²) in [5.74, 6) is -0.727. The summed E-state index contributed by atoms with van der Waals surface area (Å²) in [5, 5.41) is 3.25. The van der Waals surface area contributed by atoms with Crippen LogP contribution in [0.2, 0.25) is 5.15 Å². The number of anilines is 1. The van der Waals surface area contributed by atoms with Crippen molar-refractivity contribution in [1.82, 2.24) is 9.97 Å². The van der Waals surface area contributed by atoms with Crippen LogP contribution in [0.1, 0.15) is 18.5 Å². The SMILES string of the molecule is CC(Nc1cc(Cl)ncn1)c1ccc(F)cc1F. The van der Waals surface area contributed by atoms with Crippen molar-refractivity contribution in [3.63, 3.8) is 0 Å². The molecule has 94 valence electrons. The second-order valence-electron chi connectivity index (χ2n) is 3.76. The Balaban J connectivity index is 2.19. The highest BCUT2D eigenvalue weighted by Gasteiger charge is 2.12. The smallest absolute Gasteiger partial charge is 0.134 e. The van der Waals surface area contributed by atoms with Crippen molar-refractivity contribution in [2.45, 2.75) is 13.0 Å². The zero-order valence-corrected chi connectivity index (χ0v) is 10.2. The predicted molar refractivity (Wildman–Crippen MR) is 65.4 cm³/mol. The number of halogens is 3. The van der Waals surface area contributed by atoms with Gasteiger partial charge in [0.05, 0.1) is 6.04 Å². The van der Waals surface area contributed by atoms with Crippen molar-refractivity contribution in [2.24, 2.45) is 0 Å². The van der Waals surface area contributed by atoms with E-state index in [9.17, 15) is 8.78 Å². The van der Waals surface area contributed by atoms with Crippen LogP contribution in [-0.4, -0.2) is 9.97 Å².